The number of rotatable bonds is 45. The zero-order chi connectivity index (χ0) is 53.9. The smallest absolute Gasteiger partial charge is 0.306 e. The van der Waals surface area contributed by atoms with E-state index in [0.717, 1.165) is 70.6 Å². The van der Waals surface area contributed by atoms with Crippen molar-refractivity contribution in [2.45, 2.75) is 274 Å². The lowest BCUT2D eigenvalue weighted by Gasteiger charge is -2.42. The summed E-state index contributed by atoms with van der Waals surface area (Å²) in [6, 6.07) is 0. The minimum atomic E-state index is -1.77. The number of carbonyl (C=O) groups is 2. The highest BCUT2D eigenvalue weighted by atomic mass is 16.7. The van der Waals surface area contributed by atoms with Gasteiger partial charge < -0.3 is 64.2 Å². The van der Waals surface area contributed by atoms with Crippen LogP contribution in [0.3, 0.4) is 0 Å². The van der Waals surface area contributed by atoms with Crippen molar-refractivity contribution in [3.05, 3.63) is 60.8 Å². The molecule has 15 heteroatoms. The van der Waals surface area contributed by atoms with Gasteiger partial charge in [-0.05, 0) is 57.8 Å². The van der Waals surface area contributed by atoms with Crippen molar-refractivity contribution in [2.75, 3.05) is 26.4 Å². The Hall–Kier alpha value is -2.80. The van der Waals surface area contributed by atoms with Crippen molar-refractivity contribution in [3.63, 3.8) is 0 Å². The molecule has 11 atom stereocenters. The molecule has 0 amide bonds. The Balaban J connectivity index is 1.77. The number of aliphatic hydroxyl groups is 7. The van der Waals surface area contributed by atoms with E-state index in [1.807, 2.05) is 0 Å². The molecule has 0 aliphatic carbocycles. The second kappa shape index (κ2) is 45.2. The molecule has 2 saturated heterocycles. The molecule has 2 fully saturated rings. The summed E-state index contributed by atoms with van der Waals surface area (Å²) in [4.78, 5) is 25.9. The summed E-state index contributed by atoms with van der Waals surface area (Å²) in [5.41, 5.74) is 0. The maximum absolute atomic E-state index is 13.1. The molecule has 0 radical (unpaired) electrons. The summed E-state index contributed by atoms with van der Waals surface area (Å²) in [7, 11) is 0. The highest BCUT2D eigenvalue weighted by Gasteiger charge is 2.47. The van der Waals surface area contributed by atoms with Crippen LogP contribution in [0, 0.1) is 0 Å². The third-order valence-corrected chi connectivity index (χ3v) is 13.5. The first-order chi connectivity index (χ1) is 36.0. The second-order valence-electron chi connectivity index (χ2n) is 20.1. The van der Waals surface area contributed by atoms with Gasteiger partial charge in [0, 0.05) is 12.8 Å². The van der Waals surface area contributed by atoms with Crippen LogP contribution in [0.25, 0.3) is 0 Å². The van der Waals surface area contributed by atoms with Gasteiger partial charge in [0.2, 0.25) is 0 Å². The molecular formula is C59H102O15. The van der Waals surface area contributed by atoms with Crippen molar-refractivity contribution >= 4 is 11.9 Å². The monoisotopic (exact) mass is 1050 g/mol. The van der Waals surface area contributed by atoms with Crippen molar-refractivity contribution in [1.82, 2.24) is 0 Å². The highest BCUT2D eigenvalue weighted by molar-refractivity contribution is 5.70. The third-order valence-electron chi connectivity index (χ3n) is 13.5. The Labute approximate surface area is 445 Å². The summed E-state index contributed by atoms with van der Waals surface area (Å²) in [5, 5.41) is 72.3. The van der Waals surface area contributed by atoms with Gasteiger partial charge in [-0.1, -0.05) is 197 Å². The first-order valence-corrected chi connectivity index (χ1v) is 28.9. The van der Waals surface area contributed by atoms with E-state index in [2.05, 4.69) is 74.6 Å². The predicted octanol–water partition coefficient (Wildman–Crippen LogP) is 9.61. The molecule has 2 rings (SSSR count). The van der Waals surface area contributed by atoms with Crippen LogP contribution >= 0.6 is 0 Å². The fourth-order valence-corrected chi connectivity index (χ4v) is 8.83. The minimum absolute atomic E-state index is 0.125. The first kappa shape index (κ1) is 67.3. The molecule has 0 aromatic heterocycles. The molecule has 0 saturated carbocycles. The molecular weight excluding hydrogens is 949 g/mol. The Morgan fingerprint density at radius 1 is 0.446 bits per heavy atom. The fourth-order valence-electron chi connectivity index (χ4n) is 8.83. The number of unbranched alkanes of at least 4 members (excludes halogenated alkanes) is 21. The molecule has 2 heterocycles. The van der Waals surface area contributed by atoms with E-state index in [9.17, 15) is 45.3 Å². The molecule has 7 N–H and O–H groups in total. The van der Waals surface area contributed by atoms with Crippen LogP contribution in [-0.4, -0.2) is 142 Å². The van der Waals surface area contributed by atoms with Crippen LogP contribution in [0.2, 0.25) is 0 Å². The van der Waals surface area contributed by atoms with E-state index in [0.29, 0.717) is 12.8 Å². The average molecular weight is 1050 g/mol. The van der Waals surface area contributed by atoms with Crippen LogP contribution < -0.4 is 0 Å². The Bertz CT molecular complexity index is 1520. The lowest BCUT2D eigenvalue weighted by molar-refractivity contribution is -0.332. The van der Waals surface area contributed by atoms with Gasteiger partial charge in [-0.15, -0.1) is 0 Å². The lowest BCUT2D eigenvalue weighted by atomic mass is 9.98. The minimum Gasteiger partial charge on any atom is -0.462 e. The Morgan fingerprint density at radius 2 is 0.851 bits per heavy atom. The summed E-state index contributed by atoms with van der Waals surface area (Å²) >= 11 is 0. The zero-order valence-corrected chi connectivity index (χ0v) is 45.6. The quantitative estimate of drug-likeness (QED) is 0.0171. The topological polar surface area (TPSA) is 231 Å². The van der Waals surface area contributed by atoms with Gasteiger partial charge in [-0.25, -0.2) is 0 Å². The molecule has 0 aromatic carbocycles. The van der Waals surface area contributed by atoms with Crippen LogP contribution in [0.15, 0.2) is 60.8 Å². The van der Waals surface area contributed by atoms with E-state index in [4.69, 9.17) is 28.4 Å². The van der Waals surface area contributed by atoms with Gasteiger partial charge in [0.25, 0.3) is 0 Å². The van der Waals surface area contributed by atoms with Gasteiger partial charge in [-0.2, -0.15) is 0 Å². The fraction of sp³-hybridized carbons (Fsp3) is 0.797. The summed E-state index contributed by atoms with van der Waals surface area (Å²) in [5.74, 6) is -0.958. The lowest BCUT2D eigenvalue weighted by Crippen LogP contribution is -2.61. The van der Waals surface area contributed by atoms with Gasteiger partial charge in [0.05, 0.1) is 19.8 Å². The van der Waals surface area contributed by atoms with Crippen LogP contribution in [0.1, 0.15) is 206 Å². The maximum Gasteiger partial charge on any atom is 0.306 e. The standard InChI is InChI=1S/C59H102O15/c1-3-5-7-9-11-13-15-17-19-21-23-25-27-29-31-33-35-37-39-41-50(61)69-44-47(72-51(62)42-40-38-36-34-32-30-28-26-24-22-20-18-16-14-12-10-8-6-4-2)45-70-58-57(68)55(66)53(64)49(74-58)46-71-59-56(67)54(65)52(63)48(43-60)73-59/h6,8,12,14,18,20,24,26,30,32,47-49,52-60,63-68H,3-5,7,9-11,13,15-17,19,21-23,25,27-29,31,33-46H2,1-2H3/b8-6-,14-12-,20-18-,26-24-,32-30-. The largest absolute Gasteiger partial charge is 0.462 e. The molecule has 11 unspecified atom stereocenters. The average Bonchev–Trinajstić information content (AvgIpc) is 3.39. The van der Waals surface area contributed by atoms with Crippen molar-refractivity contribution in [1.29, 1.82) is 0 Å². The van der Waals surface area contributed by atoms with E-state index < -0.39 is 99.3 Å². The van der Waals surface area contributed by atoms with Crippen molar-refractivity contribution < 1.29 is 73.8 Å². The summed E-state index contributed by atoms with van der Waals surface area (Å²) < 4.78 is 33.7. The molecule has 2 aliphatic heterocycles. The van der Waals surface area contributed by atoms with E-state index in [-0.39, 0.29) is 19.4 Å². The number of aliphatic hydroxyl groups excluding tert-OH is 7. The van der Waals surface area contributed by atoms with Gasteiger partial charge in [-0.3, -0.25) is 9.59 Å². The molecule has 0 aromatic rings. The zero-order valence-electron chi connectivity index (χ0n) is 45.6. The number of ether oxygens (including phenoxy) is 6. The SMILES string of the molecule is CC/C=C\C/C=C\C/C=C\C/C=C\C/C=C\CCCCCC(=O)OC(COC(=O)CCCCCCCCCCCCCCCCCCCCC)COC1OC(COC2OC(CO)C(O)C(O)C2O)C(O)C(O)C1O. The third kappa shape index (κ3) is 32.1. The van der Waals surface area contributed by atoms with Crippen LogP contribution in [-0.2, 0) is 38.0 Å². The Morgan fingerprint density at radius 3 is 1.34 bits per heavy atom. The number of allylic oxidation sites excluding steroid dienone is 10. The number of hydrogen-bond acceptors (Lipinski definition) is 15. The van der Waals surface area contributed by atoms with Gasteiger partial charge in [0.1, 0.15) is 55.4 Å². The second-order valence-corrected chi connectivity index (χ2v) is 20.1. The van der Waals surface area contributed by atoms with Gasteiger partial charge >= 0.3 is 11.9 Å². The normalized spacial score (nSPS) is 25.1. The van der Waals surface area contributed by atoms with Crippen LogP contribution in [0.4, 0.5) is 0 Å². The maximum atomic E-state index is 13.1. The van der Waals surface area contributed by atoms with E-state index in [1.54, 1.807) is 0 Å². The number of hydrogen-bond donors (Lipinski definition) is 7. The van der Waals surface area contributed by atoms with E-state index >= 15 is 0 Å². The van der Waals surface area contributed by atoms with Crippen LogP contribution in [0.5, 0.6) is 0 Å². The van der Waals surface area contributed by atoms with E-state index in [1.165, 1.54) is 96.3 Å². The Kier molecular flexibility index (Phi) is 41.2. The molecule has 0 bridgehead atoms. The molecule has 74 heavy (non-hydrogen) atoms. The highest BCUT2D eigenvalue weighted by Crippen LogP contribution is 2.27. The number of esters is 2. The summed E-state index contributed by atoms with van der Waals surface area (Å²) in [6.45, 7) is 2.47. The molecule has 15 nitrogen and oxygen atoms in total. The molecule has 428 valence electrons. The van der Waals surface area contributed by atoms with Gasteiger partial charge in [0.15, 0.2) is 18.7 Å². The van der Waals surface area contributed by atoms with Crippen molar-refractivity contribution in [2.24, 2.45) is 0 Å². The predicted molar refractivity (Wildman–Crippen MR) is 289 cm³/mol. The van der Waals surface area contributed by atoms with Crippen molar-refractivity contribution in [3.8, 4) is 0 Å². The first-order valence-electron chi connectivity index (χ1n) is 28.9. The number of carbonyl (C=O) groups excluding carboxylic acids is 2. The summed E-state index contributed by atoms with van der Waals surface area (Å²) in [6.07, 6.45) is 36.7. The molecule has 2 aliphatic rings. The molecule has 0 spiro atoms.